The summed E-state index contributed by atoms with van der Waals surface area (Å²) in [6.45, 7) is 7.03. The fourth-order valence-electron chi connectivity index (χ4n) is 4.44. The van der Waals surface area contributed by atoms with Crippen LogP contribution in [0.5, 0.6) is 0 Å². The van der Waals surface area contributed by atoms with E-state index in [0.717, 1.165) is 24.8 Å². The second kappa shape index (κ2) is 9.52. The number of urea groups is 1. The quantitative estimate of drug-likeness (QED) is 0.832. The molecule has 0 spiro atoms. The van der Waals surface area contributed by atoms with Gasteiger partial charge in [-0.1, -0.05) is 50.1 Å². The summed E-state index contributed by atoms with van der Waals surface area (Å²) in [6, 6.07) is 10.0. The van der Waals surface area contributed by atoms with Crippen LogP contribution in [0.15, 0.2) is 30.3 Å². The number of nitrogens with one attached hydrogen (secondary N) is 2. The molecule has 1 saturated heterocycles. The first-order valence-corrected chi connectivity index (χ1v) is 10.5. The van der Waals surface area contributed by atoms with Gasteiger partial charge in [-0.2, -0.15) is 0 Å². The SMILES string of the molecule is CC1CCCCC1NC(=O)NC(=O)CN1C(C)COC(c2ccccc2)C1C. The Morgan fingerprint density at radius 2 is 1.82 bits per heavy atom. The number of amides is 3. The number of imide groups is 1. The molecule has 2 N–H and O–H groups in total. The van der Waals surface area contributed by atoms with Crippen LogP contribution in [0.4, 0.5) is 4.79 Å². The van der Waals surface area contributed by atoms with Crippen LogP contribution in [0, 0.1) is 5.92 Å². The van der Waals surface area contributed by atoms with Crippen molar-refractivity contribution in [3.05, 3.63) is 35.9 Å². The molecule has 1 heterocycles. The molecule has 6 nitrogen and oxygen atoms in total. The highest BCUT2D eigenvalue weighted by atomic mass is 16.5. The molecule has 1 aromatic carbocycles. The Morgan fingerprint density at radius 3 is 2.54 bits per heavy atom. The molecule has 0 aromatic heterocycles. The van der Waals surface area contributed by atoms with Gasteiger partial charge in [-0.25, -0.2) is 4.79 Å². The highest BCUT2D eigenvalue weighted by molar-refractivity contribution is 5.95. The van der Waals surface area contributed by atoms with E-state index in [0.29, 0.717) is 12.5 Å². The lowest BCUT2D eigenvalue weighted by molar-refractivity contribution is -0.130. The number of morpholine rings is 1. The lowest BCUT2D eigenvalue weighted by atomic mass is 9.86. The van der Waals surface area contributed by atoms with Gasteiger partial charge >= 0.3 is 6.03 Å². The predicted octanol–water partition coefficient (Wildman–Crippen LogP) is 3.24. The van der Waals surface area contributed by atoms with E-state index >= 15 is 0 Å². The van der Waals surface area contributed by atoms with Crippen molar-refractivity contribution in [2.24, 2.45) is 5.92 Å². The third-order valence-corrected chi connectivity index (χ3v) is 6.18. The zero-order valence-corrected chi connectivity index (χ0v) is 17.2. The molecule has 0 bridgehead atoms. The summed E-state index contributed by atoms with van der Waals surface area (Å²) in [7, 11) is 0. The van der Waals surface area contributed by atoms with Gasteiger partial charge in [-0.3, -0.25) is 15.0 Å². The number of hydrogen-bond donors (Lipinski definition) is 2. The van der Waals surface area contributed by atoms with Crippen molar-refractivity contribution >= 4 is 11.9 Å². The highest BCUT2D eigenvalue weighted by Gasteiger charge is 2.35. The van der Waals surface area contributed by atoms with Gasteiger partial charge in [0.15, 0.2) is 0 Å². The summed E-state index contributed by atoms with van der Waals surface area (Å²) in [6.07, 6.45) is 4.38. The van der Waals surface area contributed by atoms with Crippen molar-refractivity contribution in [1.82, 2.24) is 15.5 Å². The third-order valence-electron chi connectivity index (χ3n) is 6.18. The maximum absolute atomic E-state index is 12.5. The van der Waals surface area contributed by atoms with Crippen LogP contribution in [0.3, 0.4) is 0 Å². The lowest BCUT2D eigenvalue weighted by Gasteiger charge is -2.43. The van der Waals surface area contributed by atoms with Crippen LogP contribution >= 0.6 is 0 Å². The van der Waals surface area contributed by atoms with Gasteiger partial charge in [-0.05, 0) is 38.2 Å². The van der Waals surface area contributed by atoms with Crippen molar-refractivity contribution < 1.29 is 14.3 Å². The summed E-state index contributed by atoms with van der Waals surface area (Å²) in [4.78, 5) is 26.9. The minimum absolute atomic E-state index is 0.0401. The van der Waals surface area contributed by atoms with E-state index in [2.05, 4.69) is 36.3 Å². The van der Waals surface area contributed by atoms with E-state index in [1.165, 1.54) is 6.42 Å². The maximum atomic E-state index is 12.5. The van der Waals surface area contributed by atoms with E-state index in [1.54, 1.807) is 0 Å². The van der Waals surface area contributed by atoms with Crippen LogP contribution < -0.4 is 10.6 Å². The van der Waals surface area contributed by atoms with Crippen molar-refractivity contribution in [3.8, 4) is 0 Å². The van der Waals surface area contributed by atoms with Gasteiger partial charge in [0, 0.05) is 18.1 Å². The monoisotopic (exact) mass is 387 g/mol. The van der Waals surface area contributed by atoms with Gasteiger partial charge in [0.2, 0.25) is 5.91 Å². The number of rotatable bonds is 4. The van der Waals surface area contributed by atoms with Crippen LogP contribution in [0.1, 0.15) is 58.1 Å². The minimum Gasteiger partial charge on any atom is -0.370 e. The summed E-state index contributed by atoms with van der Waals surface area (Å²) >= 11 is 0. The number of hydrogen-bond acceptors (Lipinski definition) is 4. The molecule has 5 unspecified atom stereocenters. The molecular weight excluding hydrogens is 354 g/mol. The van der Waals surface area contributed by atoms with Crippen molar-refractivity contribution in [2.75, 3.05) is 13.2 Å². The van der Waals surface area contributed by atoms with Crippen molar-refractivity contribution in [2.45, 2.75) is 70.7 Å². The van der Waals surface area contributed by atoms with E-state index in [4.69, 9.17) is 4.74 Å². The van der Waals surface area contributed by atoms with Gasteiger partial charge in [0.1, 0.15) is 0 Å². The maximum Gasteiger partial charge on any atom is 0.321 e. The number of carbonyl (C=O) groups excluding carboxylic acids is 2. The molecule has 2 aliphatic rings. The van der Waals surface area contributed by atoms with Gasteiger partial charge < -0.3 is 10.1 Å². The Hall–Kier alpha value is -1.92. The number of benzene rings is 1. The summed E-state index contributed by atoms with van der Waals surface area (Å²) in [5.41, 5.74) is 1.11. The minimum atomic E-state index is -0.378. The molecular formula is C22H33N3O3. The second-order valence-electron chi connectivity index (χ2n) is 8.32. The second-order valence-corrected chi connectivity index (χ2v) is 8.32. The largest absolute Gasteiger partial charge is 0.370 e. The van der Waals surface area contributed by atoms with Gasteiger partial charge in [0.25, 0.3) is 0 Å². The van der Waals surface area contributed by atoms with Gasteiger partial charge in [0.05, 0.1) is 19.3 Å². The first-order valence-electron chi connectivity index (χ1n) is 10.5. The first kappa shape index (κ1) is 20.8. The van der Waals surface area contributed by atoms with E-state index in [9.17, 15) is 9.59 Å². The Kier molecular flexibility index (Phi) is 7.08. The molecule has 1 aliphatic carbocycles. The standard InChI is InChI=1S/C22H33N3O3/c1-15-9-7-8-12-19(15)23-22(27)24-20(26)13-25-16(2)14-28-21(17(25)3)18-10-5-4-6-11-18/h4-6,10-11,15-17,19,21H,7-9,12-14H2,1-3H3,(H2,23,24,26,27). The van der Waals surface area contributed by atoms with E-state index in [-0.39, 0.29) is 42.7 Å². The van der Waals surface area contributed by atoms with Crippen molar-refractivity contribution in [3.63, 3.8) is 0 Å². The fourth-order valence-corrected chi connectivity index (χ4v) is 4.44. The summed E-state index contributed by atoms with van der Waals surface area (Å²) in [5.74, 6) is 0.189. The molecule has 6 heteroatoms. The zero-order valence-electron chi connectivity index (χ0n) is 17.2. The topological polar surface area (TPSA) is 70.7 Å². The third kappa shape index (κ3) is 5.11. The van der Waals surface area contributed by atoms with Crippen LogP contribution in [0.25, 0.3) is 0 Å². The summed E-state index contributed by atoms with van der Waals surface area (Å²) < 4.78 is 6.04. The number of ether oxygens (including phenoxy) is 1. The highest BCUT2D eigenvalue weighted by Crippen LogP contribution is 2.30. The smallest absolute Gasteiger partial charge is 0.321 e. The molecule has 1 saturated carbocycles. The Balaban J connectivity index is 1.55. The molecule has 5 atom stereocenters. The Bertz CT molecular complexity index is 666. The first-order chi connectivity index (χ1) is 13.5. The fraction of sp³-hybridized carbons (Fsp3) is 0.636. The normalized spacial score (nSPS) is 31.2. The average molecular weight is 388 g/mol. The molecule has 154 valence electrons. The van der Waals surface area contributed by atoms with Crippen molar-refractivity contribution in [1.29, 1.82) is 0 Å². The molecule has 3 amide bonds. The molecule has 28 heavy (non-hydrogen) atoms. The summed E-state index contributed by atoms with van der Waals surface area (Å²) in [5, 5.41) is 5.50. The molecule has 2 fully saturated rings. The lowest BCUT2D eigenvalue weighted by Crippen LogP contribution is -2.56. The number of nitrogens with zero attached hydrogens (tertiary/aromatic N) is 1. The number of carbonyl (C=O) groups is 2. The predicted molar refractivity (Wildman–Crippen MR) is 109 cm³/mol. The molecule has 3 rings (SSSR count). The molecule has 1 aliphatic heterocycles. The zero-order chi connectivity index (χ0) is 20.1. The van der Waals surface area contributed by atoms with Crippen LogP contribution in [-0.2, 0) is 9.53 Å². The van der Waals surface area contributed by atoms with Crippen LogP contribution in [0.2, 0.25) is 0 Å². The van der Waals surface area contributed by atoms with Gasteiger partial charge in [-0.15, -0.1) is 0 Å². The average Bonchev–Trinajstić information content (AvgIpc) is 2.67. The van der Waals surface area contributed by atoms with E-state index < -0.39 is 0 Å². The Labute approximate surface area is 168 Å². The Morgan fingerprint density at radius 1 is 1.11 bits per heavy atom. The molecule has 1 aromatic rings. The van der Waals surface area contributed by atoms with E-state index in [1.807, 2.05) is 30.3 Å². The van der Waals surface area contributed by atoms with Crippen LogP contribution in [-0.4, -0.2) is 48.1 Å². The molecule has 0 radical (unpaired) electrons.